The van der Waals surface area contributed by atoms with E-state index in [4.69, 9.17) is 4.98 Å². The molecule has 0 aliphatic carbocycles. The Hall–Kier alpha value is -3.40. The standard InChI is InChI=1S/C25H25N3O/c1-18-12-13-21(16-19(18)2)25(29)26-17-24-27-22-10-6-7-11-23(22)28(24)15-14-20-8-4-3-5-9-20/h3-13,16H,14-15,17H2,1-2H3,(H,26,29). The Labute approximate surface area is 171 Å². The minimum Gasteiger partial charge on any atom is -0.345 e. The fourth-order valence-electron chi connectivity index (χ4n) is 3.54. The Kier molecular flexibility index (Phi) is 5.43. The van der Waals surface area contributed by atoms with Crippen LogP contribution < -0.4 is 5.32 Å². The third kappa shape index (κ3) is 4.21. The van der Waals surface area contributed by atoms with Gasteiger partial charge in [-0.1, -0.05) is 48.5 Å². The molecule has 0 bridgehead atoms. The highest BCUT2D eigenvalue weighted by atomic mass is 16.1. The van der Waals surface area contributed by atoms with Crippen LogP contribution in [0.15, 0.2) is 72.8 Å². The van der Waals surface area contributed by atoms with Crippen molar-refractivity contribution in [1.82, 2.24) is 14.9 Å². The van der Waals surface area contributed by atoms with Crippen LogP contribution in [-0.4, -0.2) is 15.5 Å². The number of rotatable bonds is 6. The fraction of sp³-hybridized carbons (Fsp3) is 0.200. The number of aryl methyl sites for hydroxylation is 4. The van der Waals surface area contributed by atoms with Crippen LogP contribution in [0.3, 0.4) is 0 Å². The quantitative estimate of drug-likeness (QED) is 0.519. The second-order valence-corrected chi connectivity index (χ2v) is 7.39. The Bertz CT molecular complexity index is 1150. The molecule has 4 aromatic rings. The first-order chi connectivity index (χ1) is 14.1. The first-order valence-electron chi connectivity index (χ1n) is 9.95. The van der Waals surface area contributed by atoms with Gasteiger partial charge in [0.15, 0.2) is 0 Å². The van der Waals surface area contributed by atoms with Gasteiger partial charge >= 0.3 is 0 Å². The second-order valence-electron chi connectivity index (χ2n) is 7.39. The van der Waals surface area contributed by atoms with Crippen LogP contribution in [0.2, 0.25) is 0 Å². The van der Waals surface area contributed by atoms with Crippen LogP contribution in [0.1, 0.15) is 32.9 Å². The number of carbonyl (C=O) groups is 1. The molecule has 29 heavy (non-hydrogen) atoms. The third-order valence-corrected chi connectivity index (χ3v) is 5.38. The van der Waals surface area contributed by atoms with Crippen LogP contribution in [0.25, 0.3) is 11.0 Å². The number of hydrogen-bond acceptors (Lipinski definition) is 2. The lowest BCUT2D eigenvalue weighted by Crippen LogP contribution is -2.25. The van der Waals surface area contributed by atoms with Crippen LogP contribution in [0.5, 0.6) is 0 Å². The van der Waals surface area contributed by atoms with Crippen molar-refractivity contribution < 1.29 is 4.79 Å². The van der Waals surface area contributed by atoms with Gasteiger partial charge in [-0.2, -0.15) is 0 Å². The number of amides is 1. The average molecular weight is 383 g/mol. The van der Waals surface area contributed by atoms with Crippen LogP contribution in [-0.2, 0) is 19.5 Å². The number of nitrogens with one attached hydrogen (secondary N) is 1. The predicted molar refractivity (Wildman–Crippen MR) is 117 cm³/mol. The molecule has 0 aliphatic rings. The van der Waals surface area contributed by atoms with Crippen molar-refractivity contribution in [2.75, 3.05) is 0 Å². The number of aromatic nitrogens is 2. The molecule has 0 unspecified atom stereocenters. The van der Waals surface area contributed by atoms with Gasteiger partial charge in [0.05, 0.1) is 17.6 Å². The summed E-state index contributed by atoms with van der Waals surface area (Å²) in [5.41, 5.74) is 6.32. The zero-order valence-electron chi connectivity index (χ0n) is 16.9. The van der Waals surface area contributed by atoms with Gasteiger partial charge in [-0.05, 0) is 61.2 Å². The normalized spacial score (nSPS) is 11.0. The average Bonchev–Trinajstić information content (AvgIpc) is 3.10. The lowest BCUT2D eigenvalue weighted by atomic mass is 10.1. The third-order valence-electron chi connectivity index (χ3n) is 5.38. The van der Waals surface area contributed by atoms with Crippen molar-refractivity contribution in [3.63, 3.8) is 0 Å². The minimum absolute atomic E-state index is 0.0743. The molecule has 0 radical (unpaired) electrons. The molecule has 1 N–H and O–H groups in total. The number of carbonyl (C=O) groups excluding carboxylic acids is 1. The van der Waals surface area contributed by atoms with Crippen molar-refractivity contribution in [3.8, 4) is 0 Å². The number of para-hydroxylation sites is 2. The van der Waals surface area contributed by atoms with E-state index in [0.717, 1.165) is 35.4 Å². The predicted octanol–water partition coefficient (Wildman–Crippen LogP) is 4.83. The Morgan fingerprint density at radius 2 is 1.69 bits per heavy atom. The molecule has 0 atom stereocenters. The van der Waals surface area contributed by atoms with E-state index >= 15 is 0 Å². The van der Waals surface area contributed by atoms with Crippen LogP contribution in [0.4, 0.5) is 0 Å². The minimum atomic E-state index is -0.0743. The summed E-state index contributed by atoms with van der Waals surface area (Å²) in [4.78, 5) is 17.4. The molecule has 0 fully saturated rings. The molecule has 4 rings (SSSR count). The second kappa shape index (κ2) is 8.31. The molecule has 3 aromatic carbocycles. The van der Waals surface area contributed by atoms with Gasteiger partial charge in [0.1, 0.15) is 5.82 Å². The van der Waals surface area contributed by atoms with E-state index in [-0.39, 0.29) is 5.91 Å². The lowest BCUT2D eigenvalue weighted by Gasteiger charge is -2.11. The van der Waals surface area contributed by atoms with Crippen molar-refractivity contribution >= 4 is 16.9 Å². The summed E-state index contributed by atoms with van der Waals surface area (Å²) in [6.07, 6.45) is 0.916. The largest absolute Gasteiger partial charge is 0.345 e. The molecule has 146 valence electrons. The van der Waals surface area contributed by atoms with Crippen molar-refractivity contribution in [2.45, 2.75) is 33.4 Å². The summed E-state index contributed by atoms with van der Waals surface area (Å²) in [7, 11) is 0. The van der Waals surface area contributed by atoms with Crippen molar-refractivity contribution in [2.24, 2.45) is 0 Å². The van der Waals surface area contributed by atoms with Gasteiger partial charge in [0.2, 0.25) is 0 Å². The maximum Gasteiger partial charge on any atom is 0.251 e. The van der Waals surface area contributed by atoms with Gasteiger partial charge in [-0.15, -0.1) is 0 Å². The Morgan fingerprint density at radius 1 is 0.931 bits per heavy atom. The van der Waals surface area contributed by atoms with Gasteiger partial charge in [0, 0.05) is 12.1 Å². The van der Waals surface area contributed by atoms with Crippen molar-refractivity contribution in [3.05, 3.63) is 101 Å². The highest BCUT2D eigenvalue weighted by molar-refractivity contribution is 5.94. The maximum atomic E-state index is 12.6. The summed E-state index contributed by atoms with van der Waals surface area (Å²) in [5.74, 6) is 0.800. The Morgan fingerprint density at radius 3 is 2.48 bits per heavy atom. The van der Waals surface area contributed by atoms with E-state index in [1.54, 1.807) is 0 Å². The number of fused-ring (bicyclic) bond motifs is 1. The molecule has 1 heterocycles. The molecule has 0 aliphatic heterocycles. The monoisotopic (exact) mass is 383 g/mol. The Balaban J connectivity index is 1.54. The summed E-state index contributed by atoms with van der Waals surface area (Å²) < 4.78 is 2.21. The summed E-state index contributed by atoms with van der Waals surface area (Å²) in [5, 5.41) is 3.04. The molecular weight excluding hydrogens is 358 g/mol. The SMILES string of the molecule is Cc1ccc(C(=O)NCc2nc3ccccc3n2CCc2ccccc2)cc1C. The molecule has 0 spiro atoms. The molecule has 1 amide bonds. The highest BCUT2D eigenvalue weighted by Gasteiger charge is 2.13. The molecule has 0 saturated carbocycles. The summed E-state index contributed by atoms with van der Waals surface area (Å²) in [6.45, 7) is 5.29. The zero-order chi connectivity index (χ0) is 20.2. The van der Waals surface area contributed by atoms with Crippen molar-refractivity contribution in [1.29, 1.82) is 0 Å². The first kappa shape index (κ1) is 18.9. The first-order valence-corrected chi connectivity index (χ1v) is 9.95. The van der Waals surface area contributed by atoms with Gasteiger partial charge in [-0.3, -0.25) is 4.79 Å². The zero-order valence-corrected chi connectivity index (χ0v) is 16.9. The van der Waals surface area contributed by atoms with E-state index in [0.29, 0.717) is 12.1 Å². The number of hydrogen-bond donors (Lipinski definition) is 1. The highest BCUT2D eigenvalue weighted by Crippen LogP contribution is 2.17. The van der Waals surface area contributed by atoms with Crippen LogP contribution >= 0.6 is 0 Å². The number of benzene rings is 3. The smallest absolute Gasteiger partial charge is 0.251 e. The molecule has 1 aromatic heterocycles. The van der Waals surface area contributed by atoms with E-state index in [1.807, 2.05) is 56.3 Å². The van der Waals surface area contributed by atoms with E-state index in [9.17, 15) is 4.79 Å². The maximum absolute atomic E-state index is 12.6. The van der Waals surface area contributed by atoms with E-state index in [2.05, 4.69) is 40.2 Å². The summed E-state index contributed by atoms with van der Waals surface area (Å²) in [6, 6.07) is 24.3. The molecule has 0 saturated heterocycles. The fourth-order valence-corrected chi connectivity index (χ4v) is 3.54. The van der Waals surface area contributed by atoms with Gasteiger partial charge < -0.3 is 9.88 Å². The molecule has 4 nitrogen and oxygen atoms in total. The summed E-state index contributed by atoms with van der Waals surface area (Å²) >= 11 is 0. The van der Waals surface area contributed by atoms with Crippen LogP contribution in [0, 0.1) is 13.8 Å². The lowest BCUT2D eigenvalue weighted by molar-refractivity contribution is 0.0949. The number of nitrogens with zero attached hydrogens (tertiary/aromatic N) is 2. The topological polar surface area (TPSA) is 46.9 Å². The van der Waals surface area contributed by atoms with E-state index < -0.39 is 0 Å². The molecular formula is C25H25N3O. The van der Waals surface area contributed by atoms with Gasteiger partial charge in [0.25, 0.3) is 5.91 Å². The van der Waals surface area contributed by atoms with E-state index in [1.165, 1.54) is 11.1 Å². The molecule has 4 heteroatoms. The number of imidazole rings is 1. The van der Waals surface area contributed by atoms with Gasteiger partial charge in [-0.25, -0.2) is 4.98 Å².